The summed E-state index contributed by atoms with van der Waals surface area (Å²) in [6.45, 7) is 3.85. The monoisotopic (exact) mass is 193 g/mol. The quantitative estimate of drug-likeness (QED) is 0.771. The first kappa shape index (κ1) is 10.7. The number of aryl methyl sites for hydroxylation is 1. The molecule has 1 rings (SSSR count). The lowest BCUT2D eigenvalue weighted by Crippen LogP contribution is -2.13. The third-order valence-electron chi connectivity index (χ3n) is 2.41. The number of hydrogen-bond acceptors (Lipinski definition) is 2. The number of hydrogen-bond donors (Lipinski definition) is 2. The van der Waals surface area contributed by atoms with Gasteiger partial charge < -0.3 is 10.4 Å². The zero-order chi connectivity index (χ0) is 10.7. The topological polar surface area (TPSA) is 49.3 Å². The molecule has 3 heteroatoms. The van der Waals surface area contributed by atoms with Crippen LogP contribution in [0.3, 0.4) is 0 Å². The van der Waals surface area contributed by atoms with Gasteiger partial charge in [0.25, 0.3) is 0 Å². The largest absolute Gasteiger partial charge is 0.478 e. The number of carboxylic acids is 1. The van der Waals surface area contributed by atoms with Crippen molar-refractivity contribution in [1.82, 2.24) is 5.32 Å². The van der Waals surface area contributed by atoms with Crippen molar-refractivity contribution in [3.05, 3.63) is 34.9 Å². The van der Waals surface area contributed by atoms with Crippen molar-refractivity contribution in [3.8, 4) is 0 Å². The van der Waals surface area contributed by atoms with Crippen LogP contribution in [0, 0.1) is 6.92 Å². The summed E-state index contributed by atoms with van der Waals surface area (Å²) in [5.41, 5.74) is 2.28. The Balaban J connectivity index is 3.06. The summed E-state index contributed by atoms with van der Waals surface area (Å²) in [4.78, 5) is 10.8. The fourth-order valence-corrected chi connectivity index (χ4v) is 1.36. The van der Waals surface area contributed by atoms with Gasteiger partial charge in [-0.05, 0) is 38.1 Å². The van der Waals surface area contributed by atoms with Crippen molar-refractivity contribution in [3.63, 3.8) is 0 Å². The van der Waals surface area contributed by atoms with E-state index >= 15 is 0 Å². The Morgan fingerprint density at radius 3 is 2.57 bits per heavy atom. The maximum Gasteiger partial charge on any atom is 0.335 e. The second-order valence-corrected chi connectivity index (χ2v) is 3.39. The molecule has 0 aliphatic carbocycles. The smallest absolute Gasteiger partial charge is 0.335 e. The Kier molecular flexibility index (Phi) is 3.25. The van der Waals surface area contributed by atoms with Crippen molar-refractivity contribution < 1.29 is 9.90 Å². The summed E-state index contributed by atoms with van der Waals surface area (Å²) >= 11 is 0. The number of carboxylic acid groups (broad SMARTS) is 1. The molecular formula is C11H15NO2. The van der Waals surface area contributed by atoms with E-state index in [0.717, 1.165) is 11.1 Å². The number of nitrogens with one attached hydrogen (secondary N) is 1. The van der Waals surface area contributed by atoms with Crippen LogP contribution >= 0.6 is 0 Å². The molecule has 0 amide bonds. The van der Waals surface area contributed by atoms with Gasteiger partial charge in [0, 0.05) is 6.04 Å². The van der Waals surface area contributed by atoms with E-state index in [1.807, 2.05) is 33.0 Å². The first-order valence-corrected chi connectivity index (χ1v) is 4.57. The molecule has 0 heterocycles. The fraction of sp³-hybridized carbons (Fsp3) is 0.364. The molecule has 1 aromatic rings. The molecule has 0 aliphatic heterocycles. The minimum Gasteiger partial charge on any atom is -0.478 e. The van der Waals surface area contributed by atoms with E-state index in [9.17, 15) is 4.79 Å². The van der Waals surface area contributed by atoms with Crippen molar-refractivity contribution in [2.24, 2.45) is 0 Å². The molecule has 3 nitrogen and oxygen atoms in total. The van der Waals surface area contributed by atoms with Gasteiger partial charge in [-0.15, -0.1) is 0 Å². The van der Waals surface area contributed by atoms with Gasteiger partial charge in [-0.25, -0.2) is 4.79 Å². The Morgan fingerprint density at radius 1 is 1.50 bits per heavy atom. The molecule has 0 fully saturated rings. The van der Waals surface area contributed by atoms with Crippen molar-refractivity contribution in [2.75, 3.05) is 7.05 Å². The molecule has 2 N–H and O–H groups in total. The van der Waals surface area contributed by atoms with Crippen LogP contribution in [0.15, 0.2) is 18.2 Å². The Hall–Kier alpha value is -1.35. The van der Waals surface area contributed by atoms with Crippen LogP contribution in [0.25, 0.3) is 0 Å². The van der Waals surface area contributed by atoms with Gasteiger partial charge >= 0.3 is 5.97 Å². The van der Waals surface area contributed by atoms with Crippen LogP contribution in [-0.4, -0.2) is 18.1 Å². The molecule has 76 valence electrons. The number of aromatic carboxylic acids is 1. The van der Waals surface area contributed by atoms with Crippen LogP contribution < -0.4 is 5.32 Å². The summed E-state index contributed by atoms with van der Waals surface area (Å²) in [6, 6.07) is 5.65. The second kappa shape index (κ2) is 4.24. The van der Waals surface area contributed by atoms with E-state index in [1.165, 1.54) is 0 Å². The number of benzene rings is 1. The van der Waals surface area contributed by atoms with Crippen molar-refractivity contribution in [1.29, 1.82) is 0 Å². The summed E-state index contributed by atoms with van der Waals surface area (Å²) in [7, 11) is 1.88. The van der Waals surface area contributed by atoms with E-state index < -0.39 is 5.97 Å². The molecule has 0 bridgehead atoms. The van der Waals surface area contributed by atoms with Gasteiger partial charge in [0.15, 0.2) is 0 Å². The zero-order valence-corrected chi connectivity index (χ0v) is 8.66. The van der Waals surface area contributed by atoms with E-state index in [1.54, 1.807) is 6.07 Å². The maximum atomic E-state index is 10.8. The third-order valence-corrected chi connectivity index (χ3v) is 2.41. The molecule has 0 spiro atoms. The molecule has 0 aliphatic rings. The molecular weight excluding hydrogens is 178 g/mol. The van der Waals surface area contributed by atoms with Gasteiger partial charge in [0.2, 0.25) is 0 Å². The van der Waals surface area contributed by atoms with Gasteiger partial charge in [-0.3, -0.25) is 0 Å². The predicted molar refractivity (Wildman–Crippen MR) is 55.6 cm³/mol. The van der Waals surface area contributed by atoms with E-state index in [-0.39, 0.29) is 6.04 Å². The van der Waals surface area contributed by atoms with Gasteiger partial charge in [-0.2, -0.15) is 0 Å². The van der Waals surface area contributed by atoms with Crippen LogP contribution in [0.5, 0.6) is 0 Å². The van der Waals surface area contributed by atoms with Crippen LogP contribution in [0.4, 0.5) is 0 Å². The molecule has 0 saturated carbocycles. The third kappa shape index (κ3) is 2.12. The molecule has 1 atom stereocenters. The summed E-state index contributed by atoms with van der Waals surface area (Å²) in [5.74, 6) is -0.869. The predicted octanol–water partition coefficient (Wildman–Crippen LogP) is 1.97. The average molecular weight is 193 g/mol. The highest BCUT2D eigenvalue weighted by Gasteiger charge is 2.09. The number of carbonyl (C=O) groups is 1. The first-order chi connectivity index (χ1) is 6.56. The second-order valence-electron chi connectivity index (χ2n) is 3.39. The fourth-order valence-electron chi connectivity index (χ4n) is 1.36. The summed E-state index contributed by atoms with van der Waals surface area (Å²) in [6.07, 6.45) is 0. The molecule has 0 radical (unpaired) electrons. The summed E-state index contributed by atoms with van der Waals surface area (Å²) < 4.78 is 0. The molecule has 0 saturated heterocycles. The number of rotatable bonds is 3. The minimum atomic E-state index is -0.869. The van der Waals surface area contributed by atoms with Crippen molar-refractivity contribution in [2.45, 2.75) is 19.9 Å². The lowest BCUT2D eigenvalue weighted by molar-refractivity contribution is 0.0696. The van der Waals surface area contributed by atoms with Gasteiger partial charge in [0.1, 0.15) is 0 Å². The highest BCUT2D eigenvalue weighted by molar-refractivity contribution is 5.89. The zero-order valence-electron chi connectivity index (χ0n) is 8.66. The lowest BCUT2D eigenvalue weighted by Gasteiger charge is -2.12. The van der Waals surface area contributed by atoms with Crippen LogP contribution in [0.2, 0.25) is 0 Å². The normalized spacial score (nSPS) is 12.5. The maximum absolute atomic E-state index is 10.8. The van der Waals surface area contributed by atoms with Crippen LogP contribution in [-0.2, 0) is 0 Å². The summed E-state index contributed by atoms with van der Waals surface area (Å²) in [5, 5.41) is 11.9. The van der Waals surface area contributed by atoms with Crippen LogP contribution in [0.1, 0.15) is 34.5 Å². The van der Waals surface area contributed by atoms with E-state index in [2.05, 4.69) is 5.32 Å². The molecule has 14 heavy (non-hydrogen) atoms. The standard InChI is InChI=1S/C11H15NO2/c1-7-6-9(8(2)12-3)4-5-10(7)11(13)14/h4-6,8,12H,1-3H3,(H,13,14). The lowest BCUT2D eigenvalue weighted by atomic mass is 10.0. The Morgan fingerprint density at radius 2 is 2.14 bits per heavy atom. The van der Waals surface area contributed by atoms with E-state index in [0.29, 0.717) is 5.56 Å². The minimum absolute atomic E-state index is 0.247. The highest BCUT2D eigenvalue weighted by atomic mass is 16.4. The molecule has 0 aromatic heterocycles. The first-order valence-electron chi connectivity index (χ1n) is 4.57. The van der Waals surface area contributed by atoms with E-state index in [4.69, 9.17) is 5.11 Å². The SMILES string of the molecule is CNC(C)c1ccc(C(=O)O)c(C)c1. The average Bonchev–Trinajstić information content (AvgIpc) is 2.15. The highest BCUT2D eigenvalue weighted by Crippen LogP contribution is 2.16. The molecule has 1 unspecified atom stereocenters. The van der Waals surface area contributed by atoms with Gasteiger partial charge in [0.05, 0.1) is 5.56 Å². The van der Waals surface area contributed by atoms with Gasteiger partial charge in [-0.1, -0.05) is 12.1 Å². The molecule has 1 aromatic carbocycles. The Labute approximate surface area is 83.8 Å². The Bertz CT molecular complexity index is 347. The van der Waals surface area contributed by atoms with Crippen molar-refractivity contribution >= 4 is 5.97 Å².